The number of carbonyl (C=O) groups is 4. The lowest BCUT2D eigenvalue weighted by Gasteiger charge is -2.26. The molecule has 0 amide bonds. The zero-order chi connectivity index (χ0) is 40.4. The summed E-state index contributed by atoms with van der Waals surface area (Å²) in [7, 11) is 0. The number of esters is 4. The molecular formula is C46H48O8. The van der Waals surface area contributed by atoms with Crippen LogP contribution in [0.25, 0.3) is 0 Å². The Morgan fingerprint density at radius 2 is 0.500 bits per heavy atom. The van der Waals surface area contributed by atoms with E-state index in [1.54, 1.807) is 76.2 Å². The highest BCUT2D eigenvalue weighted by Gasteiger charge is 2.25. The summed E-state index contributed by atoms with van der Waals surface area (Å²) in [6.45, 7) is 29.1. The highest BCUT2D eigenvalue weighted by molar-refractivity contribution is 5.90. The van der Waals surface area contributed by atoms with Gasteiger partial charge < -0.3 is 18.9 Å². The van der Waals surface area contributed by atoms with E-state index < -0.39 is 23.9 Å². The van der Waals surface area contributed by atoms with Crippen molar-refractivity contribution in [3.63, 3.8) is 0 Å². The molecule has 0 radical (unpaired) electrons. The Kier molecular flexibility index (Phi) is 14.0. The van der Waals surface area contributed by atoms with E-state index in [2.05, 4.69) is 54.0 Å². The van der Waals surface area contributed by atoms with Gasteiger partial charge >= 0.3 is 23.9 Å². The number of hydrogen-bond donors (Lipinski definition) is 0. The van der Waals surface area contributed by atoms with Crippen LogP contribution in [-0.4, -0.2) is 23.9 Å². The van der Waals surface area contributed by atoms with Gasteiger partial charge in [-0.15, -0.1) is 0 Å². The number of rotatable bonds is 12. The summed E-state index contributed by atoms with van der Waals surface area (Å²) in [6, 6.07) is 29.5. The average molecular weight is 729 g/mol. The van der Waals surface area contributed by atoms with Crippen molar-refractivity contribution < 1.29 is 38.1 Å². The number of carbonyl (C=O) groups excluding carboxylic acids is 4. The molecule has 0 fully saturated rings. The van der Waals surface area contributed by atoms with Crippen LogP contribution in [0.1, 0.15) is 77.6 Å². The largest absolute Gasteiger partial charge is 0.423 e. The smallest absolute Gasteiger partial charge is 0.338 e. The molecule has 280 valence electrons. The summed E-state index contributed by atoms with van der Waals surface area (Å²) in [6.07, 6.45) is 0. The summed E-state index contributed by atoms with van der Waals surface area (Å²) in [5, 5.41) is 0. The van der Waals surface area contributed by atoms with Crippen LogP contribution in [0.5, 0.6) is 23.0 Å². The maximum Gasteiger partial charge on any atom is 0.338 e. The molecule has 4 aromatic carbocycles. The highest BCUT2D eigenvalue weighted by atomic mass is 16.5. The molecule has 0 saturated carbocycles. The molecule has 0 N–H and O–H groups in total. The minimum Gasteiger partial charge on any atom is -0.423 e. The SMILES string of the molecule is C=C(C)C(=O)Oc1ccc(C(C)(C)c2ccc(OC(=O)C(=C)C)cc2)cc1.C=C(C)C(=O)Oc1ccc(C(C)(C)c2ccc(OC(=O)C(=C)C)cc2)cc1. The standard InChI is InChI=1S/2C23H24O4/c2*1-15(2)21(24)26-19-11-7-17(8-12-19)23(5,6)18-9-13-20(14-10-18)27-22(25)16(3)4/h2*7-14H,1,3H2,2,4-6H3. The number of benzene rings is 4. The van der Waals surface area contributed by atoms with Gasteiger partial charge in [-0.25, -0.2) is 19.2 Å². The van der Waals surface area contributed by atoms with Gasteiger partial charge in [0.15, 0.2) is 0 Å². The zero-order valence-corrected chi connectivity index (χ0v) is 32.3. The molecule has 0 saturated heterocycles. The molecule has 0 bridgehead atoms. The van der Waals surface area contributed by atoms with E-state index in [9.17, 15) is 19.2 Å². The monoisotopic (exact) mass is 728 g/mol. The van der Waals surface area contributed by atoms with Gasteiger partial charge in [-0.05, 0) is 98.5 Å². The van der Waals surface area contributed by atoms with Gasteiger partial charge in [0, 0.05) is 33.1 Å². The van der Waals surface area contributed by atoms with E-state index in [0.717, 1.165) is 22.3 Å². The van der Waals surface area contributed by atoms with Crippen LogP contribution >= 0.6 is 0 Å². The molecule has 0 aliphatic heterocycles. The molecule has 8 nitrogen and oxygen atoms in total. The van der Waals surface area contributed by atoms with E-state index in [1.807, 2.05) is 48.5 Å². The first kappa shape index (κ1) is 42.1. The van der Waals surface area contributed by atoms with Crippen molar-refractivity contribution in [1.82, 2.24) is 0 Å². The highest BCUT2D eigenvalue weighted by Crippen LogP contribution is 2.35. The third kappa shape index (κ3) is 11.4. The Morgan fingerprint density at radius 3 is 0.630 bits per heavy atom. The van der Waals surface area contributed by atoms with Crippen LogP contribution in [-0.2, 0) is 30.0 Å². The molecule has 54 heavy (non-hydrogen) atoms. The second-order valence-corrected chi connectivity index (χ2v) is 14.0. The Bertz CT molecular complexity index is 1750. The summed E-state index contributed by atoms with van der Waals surface area (Å²) in [4.78, 5) is 46.4. The predicted octanol–water partition coefficient (Wildman–Crippen LogP) is 9.95. The molecule has 0 heterocycles. The van der Waals surface area contributed by atoms with Crippen LogP contribution < -0.4 is 18.9 Å². The second kappa shape index (κ2) is 18.0. The van der Waals surface area contributed by atoms with Gasteiger partial charge in [-0.1, -0.05) is 103 Å². The van der Waals surface area contributed by atoms with Gasteiger partial charge in [0.2, 0.25) is 0 Å². The second-order valence-electron chi connectivity index (χ2n) is 14.0. The van der Waals surface area contributed by atoms with Crippen molar-refractivity contribution in [2.75, 3.05) is 0 Å². The Morgan fingerprint density at radius 1 is 0.352 bits per heavy atom. The third-order valence-corrected chi connectivity index (χ3v) is 8.54. The normalized spacial score (nSPS) is 10.8. The first-order chi connectivity index (χ1) is 25.2. The van der Waals surface area contributed by atoms with Crippen molar-refractivity contribution in [3.8, 4) is 23.0 Å². The Hall–Kier alpha value is -6.28. The van der Waals surface area contributed by atoms with Gasteiger partial charge in [0.05, 0.1) is 0 Å². The van der Waals surface area contributed by atoms with Crippen molar-refractivity contribution in [3.05, 3.63) is 168 Å². The summed E-state index contributed by atoms with van der Waals surface area (Å²) >= 11 is 0. The minimum atomic E-state index is -0.443. The minimum absolute atomic E-state index is 0.284. The molecule has 0 aliphatic rings. The molecule has 0 unspecified atom stereocenters. The lowest BCUT2D eigenvalue weighted by atomic mass is 9.78. The van der Waals surface area contributed by atoms with Gasteiger partial charge in [0.1, 0.15) is 23.0 Å². The fourth-order valence-electron chi connectivity index (χ4n) is 4.87. The van der Waals surface area contributed by atoms with Crippen LogP contribution in [0.3, 0.4) is 0 Å². The lowest BCUT2D eigenvalue weighted by molar-refractivity contribution is -0.130. The summed E-state index contributed by atoms with van der Waals surface area (Å²) < 4.78 is 20.9. The van der Waals surface area contributed by atoms with E-state index in [0.29, 0.717) is 45.3 Å². The molecule has 4 rings (SSSR count). The van der Waals surface area contributed by atoms with Crippen LogP contribution in [0, 0.1) is 0 Å². The quantitative estimate of drug-likeness (QED) is 0.0807. The van der Waals surface area contributed by atoms with Crippen molar-refractivity contribution in [2.24, 2.45) is 0 Å². The first-order valence-electron chi connectivity index (χ1n) is 17.1. The fraction of sp³-hybridized carbons (Fsp3) is 0.217. The van der Waals surface area contributed by atoms with Crippen molar-refractivity contribution >= 4 is 23.9 Å². The Labute approximate surface area is 318 Å². The molecule has 0 atom stereocenters. The van der Waals surface area contributed by atoms with Crippen LogP contribution in [0.15, 0.2) is 146 Å². The molecule has 0 aliphatic carbocycles. The third-order valence-electron chi connectivity index (χ3n) is 8.54. The van der Waals surface area contributed by atoms with E-state index in [1.165, 1.54) is 0 Å². The van der Waals surface area contributed by atoms with Gasteiger partial charge in [-0.2, -0.15) is 0 Å². The van der Waals surface area contributed by atoms with Gasteiger partial charge in [-0.3, -0.25) is 0 Å². The Balaban J connectivity index is 0.000000290. The summed E-state index contributed by atoms with van der Waals surface area (Å²) in [5.41, 5.74) is 5.08. The maximum absolute atomic E-state index is 11.6. The predicted molar refractivity (Wildman–Crippen MR) is 212 cm³/mol. The molecule has 0 spiro atoms. The average Bonchev–Trinajstić information content (AvgIpc) is 3.12. The van der Waals surface area contributed by atoms with Crippen molar-refractivity contribution in [1.29, 1.82) is 0 Å². The first-order valence-corrected chi connectivity index (χ1v) is 17.1. The number of ether oxygens (including phenoxy) is 4. The topological polar surface area (TPSA) is 105 Å². The van der Waals surface area contributed by atoms with Crippen molar-refractivity contribution in [2.45, 2.75) is 66.2 Å². The zero-order valence-electron chi connectivity index (χ0n) is 32.3. The summed E-state index contributed by atoms with van der Waals surface area (Å²) in [5.74, 6) is 0.135. The lowest BCUT2D eigenvalue weighted by Crippen LogP contribution is -2.19. The fourth-order valence-corrected chi connectivity index (χ4v) is 4.87. The van der Waals surface area contributed by atoms with Crippen LogP contribution in [0.2, 0.25) is 0 Å². The molecule has 0 aromatic heterocycles. The molecule has 4 aromatic rings. The van der Waals surface area contributed by atoms with E-state index in [-0.39, 0.29) is 10.8 Å². The van der Waals surface area contributed by atoms with Crippen LogP contribution in [0.4, 0.5) is 0 Å². The van der Waals surface area contributed by atoms with E-state index >= 15 is 0 Å². The molecular weight excluding hydrogens is 680 g/mol. The maximum atomic E-state index is 11.6. The van der Waals surface area contributed by atoms with Gasteiger partial charge in [0.25, 0.3) is 0 Å². The van der Waals surface area contributed by atoms with E-state index in [4.69, 9.17) is 18.9 Å². The molecule has 8 heteroatoms. The number of hydrogen-bond acceptors (Lipinski definition) is 8.